The van der Waals surface area contributed by atoms with Crippen molar-refractivity contribution < 1.29 is 9.53 Å². The minimum Gasteiger partial charge on any atom is -0.467 e. The Bertz CT molecular complexity index is 505. The monoisotopic (exact) mass is 260 g/mol. The van der Waals surface area contributed by atoms with Gasteiger partial charge in [0, 0.05) is 0 Å². The van der Waals surface area contributed by atoms with Gasteiger partial charge in [-0.3, -0.25) is 0 Å². The van der Waals surface area contributed by atoms with Crippen LogP contribution in [0.15, 0.2) is 18.2 Å². The van der Waals surface area contributed by atoms with Crippen LogP contribution < -0.4 is 5.32 Å². The third-order valence-corrected chi connectivity index (χ3v) is 3.09. The minimum atomic E-state index is -0.817. The van der Waals surface area contributed by atoms with Crippen LogP contribution in [0.3, 0.4) is 0 Å². The number of hydrogen-bond acceptors (Lipinski definition) is 4. The fourth-order valence-corrected chi connectivity index (χ4v) is 2.10. The Kier molecular flexibility index (Phi) is 4.94. The lowest BCUT2D eigenvalue weighted by atomic mass is 9.95. The molecule has 0 radical (unpaired) electrons. The van der Waals surface area contributed by atoms with E-state index in [1.54, 1.807) is 13.0 Å². The van der Waals surface area contributed by atoms with Crippen LogP contribution in [0.25, 0.3) is 0 Å². The molecule has 0 saturated heterocycles. The van der Waals surface area contributed by atoms with E-state index in [2.05, 4.69) is 11.4 Å². The molecule has 0 amide bonds. The first kappa shape index (κ1) is 15.0. The highest BCUT2D eigenvalue weighted by atomic mass is 16.5. The molecule has 0 aromatic heterocycles. The van der Waals surface area contributed by atoms with Crippen molar-refractivity contribution in [2.24, 2.45) is 0 Å². The second kappa shape index (κ2) is 6.24. The van der Waals surface area contributed by atoms with Crippen LogP contribution >= 0.6 is 0 Å². The first-order chi connectivity index (χ1) is 8.96. The number of nitrogens with zero attached hydrogens (tertiary/aromatic N) is 1. The number of hydrogen-bond donors (Lipinski definition) is 1. The Morgan fingerprint density at radius 2 is 2.21 bits per heavy atom. The van der Waals surface area contributed by atoms with Gasteiger partial charge in [-0.1, -0.05) is 19.4 Å². The number of esters is 1. The number of benzene rings is 1. The van der Waals surface area contributed by atoms with Crippen LogP contribution in [0.4, 0.5) is 5.69 Å². The first-order valence-corrected chi connectivity index (χ1v) is 6.34. The number of anilines is 1. The topological polar surface area (TPSA) is 62.1 Å². The number of carbonyl (C=O) groups is 1. The van der Waals surface area contributed by atoms with E-state index in [-0.39, 0.29) is 5.97 Å². The third kappa shape index (κ3) is 3.47. The van der Waals surface area contributed by atoms with E-state index in [1.165, 1.54) is 7.11 Å². The second-order valence-corrected chi connectivity index (χ2v) is 4.86. The van der Waals surface area contributed by atoms with Crippen LogP contribution in [0.2, 0.25) is 0 Å². The molecule has 0 bridgehead atoms. The number of rotatable bonds is 5. The summed E-state index contributed by atoms with van der Waals surface area (Å²) in [6, 6.07) is 7.63. The first-order valence-electron chi connectivity index (χ1n) is 6.34. The van der Waals surface area contributed by atoms with E-state index in [1.807, 2.05) is 26.0 Å². The lowest BCUT2D eigenvalue weighted by Gasteiger charge is -2.29. The van der Waals surface area contributed by atoms with Crippen molar-refractivity contribution in [3.8, 4) is 6.07 Å². The second-order valence-electron chi connectivity index (χ2n) is 4.86. The van der Waals surface area contributed by atoms with Crippen molar-refractivity contribution in [3.63, 3.8) is 0 Å². The molecule has 0 aliphatic heterocycles. The highest BCUT2D eigenvalue weighted by molar-refractivity contribution is 5.84. The molecule has 0 aliphatic rings. The lowest BCUT2D eigenvalue weighted by Crippen LogP contribution is -2.44. The van der Waals surface area contributed by atoms with Gasteiger partial charge in [0.2, 0.25) is 0 Å². The summed E-state index contributed by atoms with van der Waals surface area (Å²) in [5, 5.41) is 12.3. The molecule has 102 valence electrons. The summed E-state index contributed by atoms with van der Waals surface area (Å²) in [6.45, 7) is 5.75. The molecule has 0 heterocycles. The fraction of sp³-hybridized carbons (Fsp3) is 0.467. The van der Waals surface area contributed by atoms with Crippen molar-refractivity contribution in [2.75, 3.05) is 12.4 Å². The molecule has 0 saturated carbocycles. The number of methoxy groups -OCH3 is 1. The molecule has 4 nitrogen and oxygen atoms in total. The summed E-state index contributed by atoms with van der Waals surface area (Å²) in [6.07, 6.45) is 1.48. The van der Waals surface area contributed by atoms with Gasteiger partial charge in [-0.05, 0) is 38.0 Å². The van der Waals surface area contributed by atoms with Crippen LogP contribution in [0, 0.1) is 18.3 Å². The quantitative estimate of drug-likeness (QED) is 0.827. The minimum absolute atomic E-state index is 0.320. The van der Waals surface area contributed by atoms with Gasteiger partial charge in [0.25, 0.3) is 0 Å². The van der Waals surface area contributed by atoms with E-state index in [4.69, 9.17) is 10.00 Å². The Balaban J connectivity index is 3.13. The zero-order valence-electron chi connectivity index (χ0n) is 11.9. The van der Waals surface area contributed by atoms with Gasteiger partial charge in [-0.25, -0.2) is 4.79 Å². The van der Waals surface area contributed by atoms with Crippen LogP contribution in [0.5, 0.6) is 0 Å². The zero-order valence-corrected chi connectivity index (χ0v) is 11.9. The third-order valence-electron chi connectivity index (χ3n) is 3.09. The number of nitrogens with one attached hydrogen (secondary N) is 1. The van der Waals surface area contributed by atoms with Crippen LogP contribution in [-0.2, 0) is 9.53 Å². The molecular formula is C15H20N2O2. The van der Waals surface area contributed by atoms with E-state index in [9.17, 15) is 4.79 Å². The normalized spacial score (nSPS) is 13.2. The predicted molar refractivity (Wildman–Crippen MR) is 74.8 cm³/mol. The molecule has 1 N–H and O–H groups in total. The highest BCUT2D eigenvalue weighted by Gasteiger charge is 2.33. The van der Waals surface area contributed by atoms with Crippen LogP contribution in [0.1, 0.15) is 37.8 Å². The maximum atomic E-state index is 11.9. The Morgan fingerprint density at radius 3 is 2.74 bits per heavy atom. The predicted octanol–water partition coefficient (Wildman–Crippen LogP) is 3.01. The highest BCUT2D eigenvalue weighted by Crippen LogP contribution is 2.25. The lowest BCUT2D eigenvalue weighted by molar-refractivity contribution is -0.145. The molecule has 0 fully saturated rings. The van der Waals surface area contributed by atoms with E-state index >= 15 is 0 Å². The molecule has 0 aliphatic carbocycles. The molecule has 4 heteroatoms. The van der Waals surface area contributed by atoms with Gasteiger partial charge in [0.1, 0.15) is 11.6 Å². The molecule has 1 aromatic rings. The van der Waals surface area contributed by atoms with Gasteiger partial charge >= 0.3 is 5.97 Å². The number of aryl methyl sites for hydroxylation is 1. The van der Waals surface area contributed by atoms with Crippen molar-refractivity contribution >= 4 is 11.7 Å². The number of ether oxygens (including phenoxy) is 1. The summed E-state index contributed by atoms with van der Waals surface area (Å²) in [5.41, 5.74) is 1.41. The maximum absolute atomic E-state index is 11.9. The summed E-state index contributed by atoms with van der Waals surface area (Å²) in [7, 11) is 1.37. The molecule has 19 heavy (non-hydrogen) atoms. The average Bonchev–Trinajstić information content (AvgIpc) is 2.38. The Labute approximate surface area is 114 Å². The summed E-state index contributed by atoms with van der Waals surface area (Å²) >= 11 is 0. The fourth-order valence-electron chi connectivity index (χ4n) is 2.10. The summed E-state index contributed by atoms with van der Waals surface area (Å²) in [4.78, 5) is 11.9. The average molecular weight is 260 g/mol. The molecule has 0 spiro atoms. The smallest absolute Gasteiger partial charge is 0.331 e. The van der Waals surface area contributed by atoms with Gasteiger partial charge in [0.15, 0.2) is 0 Å². The van der Waals surface area contributed by atoms with Crippen molar-refractivity contribution in [3.05, 3.63) is 29.3 Å². The maximum Gasteiger partial charge on any atom is 0.331 e. The Morgan fingerprint density at radius 1 is 1.53 bits per heavy atom. The standard InChI is InChI=1S/C15H20N2O2/c1-5-8-15(3,14(18)19-4)17-13-9-11(2)6-7-12(13)10-16/h6-7,9,17H,5,8H2,1-4H3. The number of carbonyl (C=O) groups excluding carboxylic acids is 1. The molecule has 1 rings (SSSR count). The van der Waals surface area contributed by atoms with E-state index in [0.29, 0.717) is 17.7 Å². The number of nitriles is 1. The van der Waals surface area contributed by atoms with Gasteiger partial charge in [-0.2, -0.15) is 5.26 Å². The largest absolute Gasteiger partial charge is 0.467 e. The zero-order chi connectivity index (χ0) is 14.5. The summed E-state index contributed by atoms with van der Waals surface area (Å²) in [5.74, 6) is -0.320. The van der Waals surface area contributed by atoms with Crippen molar-refractivity contribution in [1.82, 2.24) is 0 Å². The van der Waals surface area contributed by atoms with Gasteiger partial charge in [-0.15, -0.1) is 0 Å². The summed E-state index contributed by atoms with van der Waals surface area (Å²) < 4.78 is 4.86. The molecule has 1 unspecified atom stereocenters. The molecule has 1 atom stereocenters. The molecule has 1 aromatic carbocycles. The van der Waals surface area contributed by atoms with Crippen LogP contribution in [-0.4, -0.2) is 18.6 Å². The SMILES string of the molecule is CCCC(C)(Nc1cc(C)ccc1C#N)C(=O)OC. The van der Waals surface area contributed by atoms with Gasteiger partial charge < -0.3 is 10.1 Å². The Hall–Kier alpha value is -2.02. The van der Waals surface area contributed by atoms with Crippen molar-refractivity contribution in [1.29, 1.82) is 5.26 Å². The van der Waals surface area contributed by atoms with Crippen molar-refractivity contribution in [2.45, 2.75) is 39.2 Å². The van der Waals surface area contributed by atoms with E-state index < -0.39 is 5.54 Å². The van der Waals surface area contributed by atoms with Gasteiger partial charge in [0.05, 0.1) is 18.4 Å². The molecular weight excluding hydrogens is 240 g/mol. The van der Waals surface area contributed by atoms with E-state index in [0.717, 1.165) is 12.0 Å².